The van der Waals surface area contributed by atoms with Crippen LogP contribution in [0.2, 0.25) is 0 Å². The topological polar surface area (TPSA) is 113 Å². The van der Waals surface area contributed by atoms with Gasteiger partial charge in [-0.15, -0.1) is 0 Å². The summed E-state index contributed by atoms with van der Waals surface area (Å²) in [5.41, 5.74) is 0.993. The highest BCUT2D eigenvalue weighted by atomic mass is 16.4. The van der Waals surface area contributed by atoms with Crippen molar-refractivity contribution in [2.24, 2.45) is 5.92 Å². The second-order valence-corrected chi connectivity index (χ2v) is 7.15. The quantitative estimate of drug-likeness (QED) is 0.604. The van der Waals surface area contributed by atoms with Gasteiger partial charge in [-0.1, -0.05) is 11.8 Å². The van der Waals surface area contributed by atoms with E-state index >= 15 is 0 Å². The van der Waals surface area contributed by atoms with Gasteiger partial charge in [0.2, 0.25) is 5.91 Å². The molecule has 0 spiro atoms. The van der Waals surface area contributed by atoms with Crippen molar-refractivity contribution < 1.29 is 24.3 Å². The highest BCUT2D eigenvalue weighted by molar-refractivity contribution is 6.28. The predicted molar refractivity (Wildman–Crippen MR) is 103 cm³/mol. The van der Waals surface area contributed by atoms with Crippen molar-refractivity contribution in [3.8, 4) is 11.8 Å². The van der Waals surface area contributed by atoms with Gasteiger partial charge in [-0.3, -0.25) is 24.2 Å². The average Bonchev–Trinajstić information content (AvgIpc) is 2.70. The molecule has 7 heteroatoms. The second-order valence-electron chi connectivity index (χ2n) is 7.15. The number of aromatic nitrogens is 1. The number of nitrogens with zero attached hydrogens (tertiary/aromatic N) is 1. The molecule has 1 aliphatic rings. The minimum Gasteiger partial charge on any atom is -0.480 e. The molecule has 1 aromatic carbocycles. The number of benzene rings is 1. The number of carboxylic acid groups (broad SMARTS) is 1. The van der Waals surface area contributed by atoms with Crippen LogP contribution in [0.3, 0.4) is 0 Å². The van der Waals surface area contributed by atoms with Gasteiger partial charge in [-0.2, -0.15) is 0 Å². The zero-order chi connectivity index (χ0) is 21.2. The highest BCUT2D eigenvalue weighted by Crippen LogP contribution is 2.37. The number of hydrogen-bond acceptors (Lipinski definition) is 5. The van der Waals surface area contributed by atoms with Gasteiger partial charge in [0, 0.05) is 29.1 Å². The lowest BCUT2D eigenvalue weighted by molar-refractivity contribution is -0.140. The number of pyridine rings is 1. The van der Waals surface area contributed by atoms with Gasteiger partial charge in [-0.25, -0.2) is 0 Å². The van der Waals surface area contributed by atoms with Crippen LogP contribution in [0.15, 0.2) is 42.7 Å². The number of rotatable bonds is 3. The van der Waals surface area contributed by atoms with E-state index in [2.05, 4.69) is 22.1 Å². The first-order chi connectivity index (χ1) is 13.7. The Labute approximate surface area is 167 Å². The monoisotopic (exact) mass is 390 g/mol. The van der Waals surface area contributed by atoms with Crippen LogP contribution in [-0.2, 0) is 19.8 Å². The first-order valence-corrected chi connectivity index (χ1v) is 8.86. The SMILES string of the molecule is CC1(C)C(=O)C(C(=O)NCC(=O)O)C(=O)c2ccc(C#Cc3cccnc3)cc21. The zero-order valence-corrected chi connectivity index (χ0v) is 15.9. The Morgan fingerprint density at radius 2 is 1.90 bits per heavy atom. The lowest BCUT2D eigenvalue weighted by Gasteiger charge is -2.34. The van der Waals surface area contributed by atoms with Crippen LogP contribution >= 0.6 is 0 Å². The third-order valence-corrected chi connectivity index (χ3v) is 4.79. The van der Waals surface area contributed by atoms with E-state index in [1.165, 1.54) is 0 Å². The molecule has 1 aliphatic carbocycles. The van der Waals surface area contributed by atoms with Crippen molar-refractivity contribution in [3.05, 3.63) is 65.0 Å². The molecule has 0 saturated heterocycles. The van der Waals surface area contributed by atoms with Crippen LogP contribution in [0.1, 0.15) is 40.9 Å². The number of nitrogens with one attached hydrogen (secondary N) is 1. The number of carboxylic acids is 1. The van der Waals surface area contributed by atoms with Gasteiger partial charge in [0.05, 0.1) is 5.41 Å². The Bertz CT molecular complexity index is 1080. The van der Waals surface area contributed by atoms with E-state index in [-0.39, 0.29) is 5.56 Å². The molecule has 1 aromatic heterocycles. The molecular weight excluding hydrogens is 372 g/mol. The lowest BCUT2D eigenvalue weighted by Crippen LogP contribution is -2.51. The molecule has 7 nitrogen and oxygen atoms in total. The van der Waals surface area contributed by atoms with Crippen molar-refractivity contribution in [1.29, 1.82) is 0 Å². The first kappa shape index (κ1) is 20.0. The molecule has 146 valence electrons. The summed E-state index contributed by atoms with van der Waals surface area (Å²) in [6.45, 7) is 2.61. The first-order valence-electron chi connectivity index (χ1n) is 8.86. The highest BCUT2D eigenvalue weighted by Gasteiger charge is 2.49. The van der Waals surface area contributed by atoms with Crippen LogP contribution in [-0.4, -0.2) is 40.1 Å². The van der Waals surface area contributed by atoms with Crippen LogP contribution in [0.4, 0.5) is 0 Å². The van der Waals surface area contributed by atoms with Crippen molar-refractivity contribution >= 4 is 23.4 Å². The number of fused-ring (bicyclic) bond motifs is 1. The standard InChI is InChI=1S/C22H18N2O5/c1-22(2)16-10-13(5-6-14-4-3-9-23-11-14)7-8-15(16)19(27)18(20(22)28)21(29)24-12-17(25)26/h3-4,7-11,18H,12H2,1-2H3,(H,24,29)(H,25,26). The maximum absolute atomic E-state index is 12.9. The summed E-state index contributed by atoms with van der Waals surface area (Å²) in [4.78, 5) is 52.7. The summed E-state index contributed by atoms with van der Waals surface area (Å²) < 4.78 is 0. The number of amides is 1. The Kier molecular flexibility index (Phi) is 5.29. The van der Waals surface area contributed by atoms with Gasteiger partial charge in [0.25, 0.3) is 0 Å². The molecule has 0 fully saturated rings. The van der Waals surface area contributed by atoms with Gasteiger partial charge in [-0.05, 0) is 49.7 Å². The summed E-state index contributed by atoms with van der Waals surface area (Å²) in [7, 11) is 0. The van der Waals surface area contributed by atoms with Crippen molar-refractivity contribution in [1.82, 2.24) is 10.3 Å². The Balaban J connectivity index is 1.97. The number of carbonyl (C=O) groups is 4. The number of hydrogen-bond donors (Lipinski definition) is 2. The minimum atomic E-state index is -1.57. The van der Waals surface area contributed by atoms with Gasteiger partial charge < -0.3 is 10.4 Å². The Hall–Kier alpha value is -3.79. The molecule has 2 aromatic rings. The van der Waals surface area contributed by atoms with E-state index in [1.54, 1.807) is 50.5 Å². The molecule has 1 atom stereocenters. The smallest absolute Gasteiger partial charge is 0.322 e. The molecule has 3 rings (SSSR count). The second kappa shape index (κ2) is 7.68. The molecule has 2 N–H and O–H groups in total. The average molecular weight is 390 g/mol. The normalized spacial score (nSPS) is 17.0. The lowest BCUT2D eigenvalue weighted by atomic mass is 9.66. The molecule has 1 heterocycles. The predicted octanol–water partition coefficient (Wildman–Crippen LogP) is 1.34. The molecule has 0 aliphatic heterocycles. The number of Topliss-reactive ketones (excluding diaryl/α,β-unsaturated/α-hetero) is 2. The molecule has 1 amide bonds. The van der Waals surface area contributed by atoms with E-state index in [4.69, 9.17) is 5.11 Å². The molecule has 1 unspecified atom stereocenters. The fourth-order valence-electron chi connectivity index (χ4n) is 3.21. The van der Waals surface area contributed by atoms with Crippen LogP contribution in [0.5, 0.6) is 0 Å². The fraction of sp³-hybridized carbons (Fsp3) is 0.227. The Morgan fingerprint density at radius 1 is 1.17 bits per heavy atom. The maximum Gasteiger partial charge on any atom is 0.322 e. The molecule has 0 saturated carbocycles. The maximum atomic E-state index is 12.9. The van der Waals surface area contributed by atoms with E-state index in [0.717, 1.165) is 5.56 Å². The van der Waals surface area contributed by atoms with Crippen LogP contribution in [0.25, 0.3) is 0 Å². The fourth-order valence-corrected chi connectivity index (χ4v) is 3.21. The zero-order valence-electron chi connectivity index (χ0n) is 15.9. The third-order valence-electron chi connectivity index (χ3n) is 4.79. The van der Waals surface area contributed by atoms with Crippen molar-refractivity contribution in [2.75, 3.05) is 6.54 Å². The largest absolute Gasteiger partial charge is 0.480 e. The minimum absolute atomic E-state index is 0.261. The summed E-state index contributed by atoms with van der Waals surface area (Å²) in [5, 5.41) is 10.8. The molecule has 0 radical (unpaired) electrons. The van der Waals surface area contributed by atoms with E-state index < -0.39 is 41.3 Å². The van der Waals surface area contributed by atoms with Crippen molar-refractivity contribution in [2.45, 2.75) is 19.3 Å². The Morgan fingerprint density at radius 3 is 2.55 bits per heavy atom. The van der Waals surface area contributed by atoms with Gasteiger partial charge in [0.1, 0.15) is 6.54 Å². The summed E-state index contributed by atoms with van der Waals surface area (Å²) in [6, 6.07) is 8.47. The summed E-state index contributed by atoms with van der Waals surface area (Å²) in [6.07, 6.45) is 3.27. The number of ketones is 2. The van der Waals surface area contributed by atoms with E-state index in [9.17, 15) is 19.2 Å². The summed E-state index contributed by atoms with van der Waals surface area (Å²) >= 11 is 0. The molecular formula is C22H18N2O5. The third kappa shape index (κ3) is 3.92. The van der Waals surface area contributed by atoms with Crippen molar-refractivity contribution in [3.63, 3.8) is 0 Å². The number of aliphatic carboxylic acids is 1. The van der Waals surface area contributed by atoms with Gasteiger partial charge in [0.15, 0.2) is 17.5 Å². The van der Waals surface area contributed by atoms with Crippen LogP contribution < -0.4 is 5.32 Å². The van der Waals surface area contributed by atoms with Crippen LogP contribution in [0, 0.1) is 17.8 Å². The van der Waals surface area contributed by atoms with Gasteiger partial charge >= 0.3 is 5.97 Å². The number of carbonyl (C=O) groups excluding carboxylic acids is 3. The van der Waals surface area contributed by atoms with E-state index in [0.29, 0.717) is 11.1 Å². The molecule has 0 bridgehead atoms. The van der Waals surface area contributed by atoms with E-state index in [1.807, 2.05) is 6.07 Å². The molecule has 29 heavy (non-hydrogen) atoms. The summed E-state index contributed by atoms with van der Waals surface area (Å²) in [5.74, 6) is 1.02.